The van der Waals surface area contributed by atoms with Gasteiger partial charge in [-0.25, -0.2) is 0 Å². The summed E-state index contributed by atoms with van der Waals surface area (Å²) in [7, 11) is 0. The van der Waals surface area contributed by atoms with Gasteiger partial charge in [0, 0.05) is 31.2 Å². The van der Waals surface area contributed by atoms with E-state index in [1.54, 1.807) is 0 Å². The molecule has 2 rings (SSSR count). The van der Waals surface area contributed by atoms with Crippen molar-refractivity contribution in [3.05, 3.63) is 48.0 Å². The molecule has 0 saturated carbocycles. The summed E-state index contributed by atoms with van der Waals surface area (Å²) in [5.41, 5.74) is 2.45. The molecule has 0 radical (unpaired) electrons. The number of aromatic nitrogens is 3. The van der Waals surface area contributed by atoms with E-state index < -0.39 is 0 Å². The topological polar surface area (TPSA) is 42.7 Å². The zero-order valence-electron chi connectivity index (χ0n) is 11.2. The van der Waals surface area contributed by atoms with Gasteiger partial charge in [-0.15, -0.1) is 0 Å². The van der Waals surface area contributed by atoms with Gasteiger partial charge in [0.2, 0.25) is 0 Å². The Labute approximate surface area is 108 Å². The molecular weight excluding hydrogens is 224 g/mol. The van der Waals surface area contributed by atoms with Crippen LogP contribution in [-0.4, -0.2) is 20.8 Å². The normalized spacial score (nSPS) is 14.4. The number of rotatable bonds is 5. The summed E-state index contributed by atoms with van der Waals surface area (Å²) >= 11 is 0. The van der Waals surface area contributed by atoms with Crippen molar-refractivity contribution in [3.8, 4) is 0 Å². The predicted octanol–water partition coefficient (Wildman–Crippen LogP) is 2.33. The summed E-state index contributed by atoms with van der Waals surface area (Å²) in [6, 6.07) is 4.75. The molecule has 4 heteroatoms. The van der Waals surface area contributed by atoms with Crippen molar-refractivity contribution >= 4 is 0 Å². The second-order valence-corrected chi connectivity index (χ2v) is 4.76. The third-order valence-corrected chi connectivity index (χ3v) is 3.25. The third kappa shape index (κ3) is 3.17. The van der Waals surface area contributed by atoms with Crippen LogP contribution < -0.4 is 5.32 Å². The molecule has 0 aliphatic rings. The van der Waals surface area contributed by atoms with Gasteiger partial charge in [-0.05, 0) is 44.0 Å². The van der Waals surface area contributed by atoms with Crippen LogP contribution in [0, 0.1) is 6.92 Å². The van der Waals surface area contributed by atoms with Crippen LogP contribution in [0.3, 0.4) is 0 Å². The Hall–Kier alpha value is -1.68. The molecule has 2 aromatic rings. The highest BCUT2D eigenvalue weighted by molar-refractivity contribution is 5.09. The summed E-state index contributed by atoms with van der Waals surface area (Å²) in [6.07, 6.45) is 7.62. The van der Waals surface area contributed by atoms with Gasteiger partial charge in [0.25, 0.3) is 0 Å². The number of aryl methyl sites for hydroxylation is 1. The summed E-state index contributed by atoms with van der Waals surface area (Å²) in [5, 5.41) is 7.88. The number of hydrogen-bond donors (Lipinski definition) is 1. The maximum atomic E-state index is 4.36. The number of nitrogens with zero attached hydrogens (tertiary/aromatic N) is 3. The molecule has 18 heavy (non-hydrogen) atoms. The van der Waals surface area contributed by atoms with Gasteiger partial charge in [-0.1, -0.05) is 0 Å². The van der Waals surface area contributed by atoms with E-state index in [9.17, 15) is 0 Å². The summed E-state index contributed by atoms with van der Waals surface area (Å²) in [4.78, 5) is 4.02. The Morgan fingerprint density at radius 1 is 1.28 bits per heavy atom. The van der Waals surface area contributed by atoms with E-state index >= 15 is 0 Å². The van der Waals surface area contributed by atoms with E-state index in [2.05, 4.69) is 42.4 Å². The number of nitrogens with one attached hydrogen (secondary N) is 1. The summed E-state index contributed by atoms with van der Waals surface area (Å²) in [5.74, 6) is 0. The highest BCUT2D eigenvalue weighted by atomic mass is 15.3. The van der Waals surface area contributed by atoms with Gasteiger partial charge in [0.15, 0.2) is 0 Å². The Kier molecular flexibility index (Phi) is 4.10. The van der Waals surface area contributed by atoms with Gasteiger partial charge < -0.3 is 5.32 Å². The first-order valence-electron chi connectivity index (χ1n) is 6.30. The van der Waals surface area contributed by atoms with Crippen molar-refractivity contribution in [2.75, 3.05) is 0 Å². The molecule has 2 heterocycles. The first kappa shape index (κ1) is 12.8. The van der Waals surface area contributed by atoms with Crippen LogP contribution in [0.1, 0.15) is 31.0 Å². The van der Waals surface area contributed by atoms with E-state index in [1.807, 2.05) is 35.4 Å². The molecule has 2 atom stereocenters. The Balaban J connectivity index is 1.90. The lowest BCUT2D eigenvalue weighted by atomic mass is 10.1. The molecule has 0 spiro atoms. The van der Waals surface area contributed by atoms with Crippen molar-refractivity contribution in [2.45, 2.75) is 39.4 Å². The monoisotopic (exact) mass is 244 g/mol. The fourth-order valence-corrected chi connectivity index (χ4v) is 1.83. The minimum atomic E-state index is 0.334. The van der Waals surface area contributed by atoms with E-state index in [0.29, 0.717) is 12.1 Å². The van der Waals surface area contributed by atoms with Crippen molar-refractivity contribution in [1.82, 2.24) is 20.1 Å². The minimum Gasteiger partial charge on any atom is -0.308 e. The van der Waals surface area contributed by atoms with Crippen LogP contribution in [0.25, 0.3) is 0 Å². The summed E-state index contributed by atoms with van der Waals surface area (Å²) < 4.78 is 2.01. The van der Waals surface area contributed by atoms with Gasteiger partial charge in [-0.3, -0.25) is 9.67 Å². The van der Waals surface area contributed by atoms with Crippen molar-refractivity contribution in [2.24, 2.45) is 0 Å². The first-order valence-corrected chi connectivity index (χ1v) is 6.30. The quantitative estimate of drug-likeness (QED) is 0.877. The van der Waals surface area contributed by atoms with E-state index in [1.165, 1.54) is 11.1 Å². The van der Waals surface area contributed by atoms with Gasteiger partial charge in [0.1, 0.15) is 0 Å². The third-order valence-electron chi connectivity index (χ3n) is 3.25. The fraction of sp³-hybridized carbons (Fsp3) is 0.429. The van der Waals surface area contributed by atoms with Crippen molar-refractivity contribution < 1.29 is 0 Å². The molecule has 0 aliphatic carbocycles. The average molecular weight is 244 g/mol. The number of pyridine rings is 1. The number of hydrogen-bond acceptors (Lipinski definition) is 3. The van der Waals surface area contributed by atoms with Crippen LogP contribution in [-0.2, 0) is 6.54 Å². The lowest BCUT2D eigenvalue weighted by Gasteiger charge is -2.21. The maximum absolute atomic E-state index is 4.36. The second kappa shape index (κ2) is 5.78. The van der Waals surface area contributed by atoms with Gasteiger partial charge in [-0.2, -0.15) is 5.10 Å². The van der Waals surface area contributed by atoms with Crippen molar-refractivity contribution in [1.29, 1.82) is 0 Å². The molecule has 0 aromatic carbocycles. The largest absolute Gasteiger partial charge is 0.308 e. The van der Waals surface area contributed by atoms with Crippen LogP contribution in [0.4, 0.5) is 0 Å². The Morgan fingerprint density at radius 2 is 2.00 bits per heavy atom. The first-order chi connectivity index (χ1) is 8.66. The molecule has 1 N–H and O–H groups in total. The lowest BCUT2D eigenvalue weighted by molar-refractivity contribution is 0.365. The molecule has 96 valence electrons. The Morgan fingerprint density at radius 3 is 2.61 bits per heavy atom. The van der Waals surface area contributed by atoms with Gasteiger partial charge >= 0.3 is 0 Å². The zero-order chi connectivity index (χ0) is 13.0. The van der Waals surface area contributed by atoms with Crippen LogP contribution >= 0.6 is 0 Å². The maximum Gasteiger partial charge on any atom is 0.0641 e. The lowest BCUT2D eigenvalue weighted by Crippen LogP contribution is -2.33. The molecule has 0 unspecified atom stereocenters. The van der Waals surface area contributed by atoms with Gasteiger partial charge in [0.05, 0.1) is 12.2 Å². The Bertz CT molecular complexity index is 478. The fourth-order valence-electron chi connectivity index (χ4n) is 1.83. The molecule has 0 fully saturated rings. The van der Waals surface area contributed by atoms with E-state index in [4.69, 9.17) is 0 Å². The average Bonchev–Trinajstić information content (AvgIpc) is 2.83. The molecule has 2 aromatic heterocycles. The highest BCUT2D eigenvalue weighted by Crippen LogP contribution is 2.11. The molecule has 0 amide bonds. The molecule has 4 nitrogen and oxygen atoms in total. The molecule has 0 aliphatic heterocycles. The molecular formula is C14H20N4. The standard InChI is InChI=1S/C14H20N4/c1-11-8-17-18(10-11)13(3)12(2)16-9-14-4-6-15-7-5-14/h4-8,10,12-13,16H,9H2,1-3H3/t12-,13-/m0/s1. The second-order valence-electron chi connectivity index (χ2n) is 4.76. The minimum absolute atomic E-state index is 0.334. The van der Waals surface area contributed by atoms with Crippen LogP contribution in [0.15, 0.2) is 36.9 Å². The molecule has 0 bridgehead atoms. The molecule has 0 saturated heterocycles. The van der Waals surface area contributed by atoms with Crippen LogP contribution in [0.2, 0.25) is 0 Å². The predicted molar refractivity (Wildman–Crippen MR) is 72.2 cm³/mol. The highest BCUT2D eigenvalue weighted by Gasteiger charge is 2.13. The SMILES string of the molecule is Cc1cnn([C@@H](C)[C@H](C)NCc2ccncc2)c1. The van der Waals surface area contributed by atoms with E-state index in [-0.39, 0.29) is 0 Å². The van der Waals surface area contributed by atoms with Crippen LogP contribution in [0.5, 0.6) is 0 Å². The zero-order valence-corrected chi connectivity index (χ0v) is 11.2. The van der Waals surface area contributed by atoms with Crippen molar-refractivity contribution in [3.63, 3.8) is 0 Å². The smallest absolute Gasteiger partial charge is 0.0641 e. The summed E-state index contributed by atoms with van der Waals surface area (Å²) in [6.45, 7) is 7.28. The van der Waals surface area contributed by atoms with E-state index in [0.717, 1.165) is 6.54 Å².